The number of aryl methyl sites for hydroxylation is 1. The van der Waals surface area contributed by atoms with E-state index < -0.39 is 11.2 Å². The van der Waals surface area contributed by atoms with Crippen LogP contribution >= 0.6 is 0 Å². The molecule has 1 fully saturated rings. The highest BCUT2D eigenvalue weighted by atomic mass is 16.5. The number of anilines is 1. The van der Waals surface area contributed by atoms with Crippen LogP contribution in [0.1, 0.15) is 34.3 Å². The van der Waals surface area contributed by atoms with Gasteiger partial charge in [-0.2, -0.15) is 0 Å². The van der Waals surface area contributed by atoms with Crippen LogP contribution in [0.4, 0.5) is 5.82 Å². The van der Waals surface area contributed by atoms with Crippen molar-refractivity contribution in [1.29, 1.82) is 0 Å². The van der Waals surface area contributed by atoms with Gasteiger partial charge in [-0.05, 0) is 19.4 Å². The van der Waals surface area contributed by atoms with Crippen LogP contribution in [0.25, 0.3) is 0 Å². The molecular formula is C24H32N6O4+2. The molecular weight excluding hydrogens is 436 g/mol. The van der Waals surface area contributed by atoms with Gasteiger partial charge in [0, 0.05) is 12.6 Å². The molecule has 0 atom stereocenters. The van der Waals surface area contributed by atoms with Crippen molar-refractivity contribution in [2.24, 2.45) is 0 Å². The summed E-state index contributed by atoms with van der Waals surface area (Å²) in [6.45, 7) is 8.27. The Kier molecular flexibility index (Phi) is 7.09. The number of Topliss-reactive ketones (excluding diaryl/α,β-unsaturated/α-hetero) is 1. The molecule has 1 saturated heterocycles. The van der Waals surface area contributed by atoms with Crippen LogP contribution in [0.5, 0.6) is 0 Å². The van der Waals surface area contributed by atoms with Gasteiger partial charge >= 0.3 is 5.69 Å². The fraction of sp³-hybridized carbons (Fsp3) is 0.417. The second-order valence-corrected chi connectivity index (χ2v) is 8.87. The van der Waals surface area contributed by atoms with E-state index in [1.165, 1.54) is 9.47 Å². The quantitative estimate of drug-likeness (QED) is 0.333. The molecule has 180 valence electrons. The molecule has 1 aliphatic rings. The molecule has 3 heterocycles. The molecule has 0 spiro atoms. The van der Waals surface area contributed by atoms with Crippen LogP contribution in [0.3, 0.4) is 0 Å². The van der Waals surface area contributed by atoms with Crippen molar-refractivity contribution in [2.75, 3.05) is 38.5 Å². The van der Waals surface area contributed by atoms with E-state index in [-0.39, 0.29) is 36.8 Å². The number of benzene rings is 1. The van der Waals surface area contributed by atoms with Gasteiger partial charge in [-0.25, -0.2) is 4.79 Å². The van der Waals surface area contributed by atoms with E-state index in [0.29, 0.717) is 0 Å². The van der Waals surface area contributed by atoms with Gasteiger partial charge < -0.3 is 20.1 Å². The van der Waals surface area contributed by atoms with Gasteiger partial charge in [-0.3, -0.25) is 18.7 Å². The molecule has 1 aliphatic heterocycles. The van der Waals surface area contributed by atoms with Crippen molar-refractivity contribution in [3.05, 3.63) is 79.8 Å². The van der Waals surface area contributed by atoms with Crippen LogP contribution < -0.4 is 26.8 Å². The number of nitrogens with two attached hydrogens (primary N) is 1. The Morgan fingerprint density at radius 2 is 1.76 bits per heavy atom. The minimum Gasteiger partial charge on any atom is -0.384 e. The molecule has 3 aromatic rings. The lowest BCUT2D eigenvalue weighted by Gasteiger charge is -2.29. The fourth-order valence-electron chi connectivity index (χ4n) is 4.56. The predicted octanol–water partition coefficient (Wildman–Crippen LogP) is -1.88. The van der Waals surface area contributed by atoms with Gasteiger partial charge in [0.15, 0.2) is 0 Å². The van der Waals surface area contributed by atoms with Crippen molar-refractivity contribution in [2.45, 2.75) is 33.5 Å². The number of nitrogens with zero attached hydrogens (tertiary/aromatic N) is 3. The normalized spacial score (nSPS) is 18.2. The maximum Gasteiger partial charge on any atom is 0.332 e. The highest BCUT2D eigenvalue weighted by molar-refractivity contribution is 6.00. The number of piperazine rings is 1. The van der Waals surface area contributed by atoms with Gasteiger partial charge in [0.2, 0.25) is 5.78 Å². The smallest absolute Gasteiger partial charge is 0.332 e. The predicted molar refractivity (Wildman–Crippen MR) is 126 cm³/mol. The molecule has 4 N–H and O–H groups in total. The first kappa shape index (κ1) is 23.7. The number of carbonyl (C=O) groups is 1. The fourth-order valence-corrected chi connectivity index (χ4v) is 4.56. The van der Waals surface area contributed by atoms with Crippen molar-refractivity contribution in [3.8, 4) is 0 Å². The minimum atomic E-state index is -0.607. The Balaban J connectivity index is 1.50. The van der Waals surface area contributed by atoms with Crippen molar-refractivity contribution in [3.63, 3.8) is 0 Å². The number of quaternary nitrogens is 2. The average molecular weight is 469 g/mol. The largest absolute Gasteiger partial charge is 0.384 e. The number of carbonyl (C=O) groups excluding carboxylic acids is 1. The van der Waals surface area contributed by atoms with Crippen LogP contribution in [0.15, 0.2) is 50.5 Å². The summed E-state index contributed by atoms with van der Waals surface area (Å²) < 4.78 is 7.56. The molecule has 0 amide bonds. The molecule has 10 heteroatoms. The number of hydrogen-bond donors (Lipinski definition) is 3. The summed E-state index contributed by atoms with van der Waals surface area (Å²) in [6.07, 6.45) is 0. The van der Waals surface area contributed by atoms with Crippen LogP contribution in [0.2, 0.25) is 0 Å². The maximum atomic E-state index is 13.3. The molecule has 10 nitrogen and oxygen atoms in total. The maximum absolute atomic E-state index is 13.3. The lowest BCUT2D eigenvalue weighted by atomic mass is 10.1. The van der Waals surface area contributed by atoms with E-state index in [1.807, 2.05) is 43.3 Å². The number of rotatable bonds is 8. The molecule has 34 heavy (non-hydrogen) atoms. The van der Waals surface area contributed by atoms with Crippen molar-refractivity contribution < 1.29 is 19.1 Å². The standard InChI is InChI=1S/C24H30N6O4/c1-3-29-23(32)21(22(25)30(24(29)33)14-18-7-5-4-6-8-18)20(31)16-28-11-9-27(10-12-28)15-19-13-17(2)34-26-19/h4-8,13H,3,9-12,14-16,25H2,1-2H3/p+2. The van der Waals surface area contributed by atoms with E-state index in [4.69, 9.17) is 10.3 Å². The third-order valence-corrected chi connectivity index (χ3v) is 6.43. The number of ketones is 1. The summed E-state index contributed by atoms with van der Waals surface area (Å²) >= 11 is 0. The lowest BCUT2D eigenvalue weighted by Crippen LogP contribution is -3.27. The van der Waals surface area contributed by atoms with Gasteiger partial charge in [-0.1, -0.05) is 35.5 Å². The van der Waals surface area contributed by atoms with Gasteiger partial charge in [0.1, 0.15) is 62.1 Å². The summed E-state index contributed by atoms with van der Waals surface area (Å²) in [5.74, 6) is 0.420. The first-order chi connectivity index (χ1) is 16.4. The van der Waals surface area contributed by atoms with Crippen molar-refractivity contribution in [1.82, 2.24) is 14.3 Å². The molecule has 2 aromatic heterocycles. The van der Waals surface area contributed by atoms with Crippen LogP contribution in [-0.4, -0.2) is 52.8 Å². The summed E-state index contributed by atoms with van der Waals surface area (Å²) in [7, 11) is 0. The Labute approximate surface area is 197 Å². The van der Waals surface area contributed by atoms with E-state index in [9.17, 15) is 14.4 Å². The first-order valence-electron chi connectivity index (χ1n) is 11.7. The minimum absolute atomic E-state index is 0.0568. The summed E-state index contributed by atoms with van der Waals surface area (Å²) in [4.78, 5) is 41.7. The van der Waals surface area contributed by atoms with Gasteiger partial charge in [0.05, 0.1) is 6.54 Å². The number of nitrogen functional groups attached to an aromatic ring is 1. The zero-order chi connectivity index (χ0) is 24.2. The number of aromatic nitrogens is 3. The zero-order valence-electron chi connectivity index (χ0n) is 19.7. The molecule has 4 rings (SSSR count). The third kappa shape index (κ3) is 5.02. The number of nitrogens with one attached hydrogen (secondary N) is 2. The first-order valence-corrected chi connectivity index (χ1v) is 11.7. The number of hydrogen-bond acceptors (Lipinski definition) is 6. The van der Waals surface area contributed by atoms with Crippen molar-refractivity contribution >= 4 is 11.6 Å². The van der Waals surface area contributed by atoms with Crippen LogP contribution in [0, 0.1) is 6.92 Å². The zero-order valence-corrected chi connectivity index (χ0v) is 19.7. The summed E-state index contributed by atoms with van der Waals surface area (Å²) in [5.41, 5.74) is 6.87. The molecule has 1 aromatic carbocycles. The highest BCUT2D eigenvalue weighted by Gasteiger charge is 2.29. The lowest BCUT2D eigenvalue weighted by molar-refractivity contribution is -1.02. The molecule has 0 bridgehead atoms. The van der Waals surface area contributed by atoms with E-state index in [2.05, 4.69) is 5.16 Å². The average Bonchev–Trinajstić information content (AvgIpc) is 3.23. The molecule has 0 radical (unpaired) electrons. The van der Waals surface area contributed by atoms with Gasteiger partial charge in [-0.15, -0.1) is 0 Å². The van der Waals surface area contributed by atoms with E-state index in [0.717, 1.165) is 59.2 Å². The third-order valence-electron chi connectivity index (χ3n) is 6.43. The highest BCUT2D eigenvalue weighted by Crippen LogP contribution is 2.09. The summed E-state index contributed by atoms with van der Waals surface area (Å²) in [5, 5.41) is 4.06. The van der Waals surface area contributed by atoms with Gasteiger partial charge in [0.25, 0.3) is 5.56 Å². The molecule has 0 aliphatic carbocycles. The monoisotopic (exact) mass is 468 g/mol. The second kappa shape index (κ2) is 10.2. The Morgan fingerprint density at radius 1 is 1.09 bits per heavy atom. The Morgan fingerprint density at radius 3 is 2.38 bits per heavy atom. The van der Waals surface area contributed by atoms with E-state index >= 15 is 0 Å². The second-order valence-electron chi connectivity index (χ2n) is 8.87. The SMILES string of the molecule is CCn1c(=O)c(C(=O)C[NH+]2CC[NH+](Cc3cc(C)on3)CC2)c(N)n(Cc2ccccc2)c1=O. The Bertz CT molecular complexity index is 1270. The summed E-state index contributed by atoms with van der Waals surface area (Å²) in [6, 6.07) is 11.3. The Hall–Kier alpha value is -3.50. The molecule has 0 unspecified atom stereocenters. The van der Waals surface area contributed by atoms with E-state index in [1.54, 1.807) is 6.92 Å². The molecule has 0 saturated carbocycles. The van der Waals surface area contributed by atoms with Crippen LogP contribution in [-0.2, 0) is 19.6 Å². The topological polar surface area (TPSA) is 122 Å².